The van der Waals surface area contributed by atoms with E-state index >= 15 is 0 Å². The lowest BCUT2D eigenvalue weighted by Gasteiger charge is -2.40. The highest BCUT2D eigenvalue weighted by Crippen LogP contribution is 2.40. The zero-order valence-electron chi connectivity index (χ0n) is 43.4. The molecular weight excluding hydrogens is 1050 g/mol. The summed E-state index contributed by atoms with van der Waals surface area (Å²) in [5, 5.41) is 14.7. The fourth-order valence-corrected chi connectivity index (χ4v) is 9.54. The number of aliphatic hydroxyl groups is 1. The number of alkyl halides is 7. The number of hydrogen-bond donors (Lipinski definition) is 3. The summed E-state index contributed by atoms with van der Waals surface area (Å²) in [5.41, 5.74) is -2.67. The third-order valence-electron chi connectivity index (χ3n) is 12.0. The summed E-state index contributed by atoms with van der Waals surface area (Å²) in [6.45, 7) is 26.1. The topological polar surface area (TPSA) is 199 Å². The molecule has 0 unspecified atom stereocenters. The Morgan fingerprint density at radius 2 is 1.00 bits per heavy atom. The molecule has 0 aliphatic rings. The molecule has 4 aromatic rings. The van der Waals surface area contributed by atoms with Crippen molar-refractivity contribution >= 4 is 62.7 Å². The number of benzene rings is 4. The molecule has 408 valence electrons. The van der Waals surface area contributed by atoms with Crippen LogP contribution in [-0.4, -0.2) is 98.6 Å². The number of sulfone groups is 2. The second kappa shape index (κ2) is 26.4. The molecule has 14 nitrogen and oxygen atoms in total. The fraction of sp³-hybridized carbons (Fsp3) is 0.412. The van der Waals surface area contributed by atoms with Gasteiger partial charge in [-0.3, -0.25) is 23.6 Å². The predicted octanol–water partition coefficient (Wildman–Crippen LogP) is 10.0. The molecule has 0 saturated carbocycles. The molecule has 0 aromatic heterocycles. The van der Waals surface area contributed by atoms with Crippen LogP contribution in [0.4, 0.5) is 42.1 Å². The van der Waals surface area contributed by atoms with Gasteiger partial charge in [-0.15, -0.1) is 0 Å². The Balaban J connectivity index is 0.000000502. The summed E-state index contributed by atoms with van der Waals surface area (Å²) in [5.74, 6) is -4.39. The lowest BCUT2D eigenvalue weighted by Crippen LogP contribution is -2.48. The summed E-state index contributed by atoms with van der Waals surface area (Å²) in [7, 11) is -10.3. The Morgan fingerprint density at radius 3 is 1.29 bits per heavy atom. The minimum absolute atomic E-state index is 0.0275. The molecule has 0 heterocycles. The first-order valence-electron chi connectivity index (χ1n) is 23.1. The lowest BCUT2D eigenvalue weighted by molar-refractivity contribution is -0.137. The van der Waals surface area contributed by atoms with E-state index in [1.165, 1.54) is 67.6 Å². The molecule has 0 saturated heterocycles. The fourth-order valence-electron chi connectivity index (χ4n) is 6.83. The van der Waals surface area contributed by atoms with E-state index in [0.29, 0.717) is 0 Å². The molecule has 75 heavy (non-hydrogen) atoms. The minimum Gasteiger partial charge on any atom is -0.413 e. The number of carbonyl (C=O) groups excluding carboxylic acids is 4. The highest BCUT2D eigenvalue weighted by Gasteiger charge is 2.41. The molecule has 4 rings (SSSR count). The van der Waals surface area contributed by atoms with Crippen LogP contribution in [0.15, 0.2) is 94.7 Å². The quantitative estimate of drug-likeness (QED) is 0.0373. The van der Waals surface area contributed by atoms with Crippen LogP contribution in [0.5, 0.6) is 0 Å². The van der Waals surface area contributed by atoms with Gasteiger partial charge in [-0.1, -0.05) is 81.4 Å². The highest BCUT2D eigenvalue weighted by molar-refractivity contribution is 7.91. The zero-order valence-corrected chi connectivity index (χ0v) is 45.0. The number of ketones is 2. The van der Waals surface area contributed by atoms with Gasteiger partial charge in [-0.25, -0.2) is 26.5 Å². The molecule has 24 heteroatoms. The third-order valence-corrected chi connectivity index (χ3v) is 18.9. The average Bonchev–Trinajstić information content (AvgIpc) is 3.31. The van der Waals surface area contributed by atoms with Gasteiger partial charge >= 0.3 is 12.4 Å². The van der Waals surface area contributed by atoms with Gasteiger partial charge in [-0.2, -0.15) is 26.3 Å². The largest absolute Gasteiger partial charge is 0.413 e. The van der Waals surface area contributed by atoms with E-state index in [1.54, 1.807) is 6.92 Å². The number of halogens is 7. The van der Waals surface area contributed by atoms with Gasteiger partial charge < -0.3 is 20.2 Å². The van der Waals surface area contributed by atoms with Gasteiger partial charge in [0.25, 0.3) is 0 Å². The van der Waals surface area contributed by atoms with E-state index in [4.69, 9.17) is 18.9 Å². The normalized spacial score (nSPS) is 13.8. The number of aliphatic hydroxyl groups excluding tert-OH is 1. The van der Waals surface area contributed by atoms with Crippen LogP contribution in [0, 0.1) is 25.0 Å². The van der Waals surface area contributed by atoms with Crippen LogP contribution in [0.25, 0.3) is 9.69 Å². The van der Waals surface area contributed by atoms with E-state index in [-0.39, 0.29) is 49.9 Å². The third kappa shape index (κ3) is 19.1. The SMILES string of the molecule is [2H]CF.[C-]#[N+]c1ccc(C[C@@H](C(=O)NCC(=O)c2ccc(S(C)(=O)=O)cc2)[C@@H](C)O)cc1C(F)(F)F.[C-]#[N+]c1ccc(C[C@@H](C(=O)NCC(=O)c2ccc(S(C)(=O)=O)cc2)[C@@H](C)O[Si](C)(C)C(C)(C)C)cc1C(F)(F)F. The Kier molecular flexibility index (Phi) is 22.2. The van der Waals surface area contributed by atoms with E-state index in [2.05, 4.69) is 20.3 Å². The standard InChI is InChI=1S/C28H35F3N2O5SSi.C22H21F3N2O5S.CH3F/c1-18(38-40(7,8)27(2,3)4)22(15-19-9-14-24(32-5)23(16-19)28(29,30)31)26(35)33-17-25(34)20-10-12-21(13-11-20)39(6,36)37;1-13(28)17(10-14-4-9-19(26-2)18(11-14)22(23,24)25)21(30)27-12-20(29)15-5-7-16(8-6-15)33(3,31)32;1-2/h9-14,16,18,22H,15,17H2,1-4,6-8H3,(H,33,35);4-9,11,13,17,28H,10,12H2,1,3H3,(H,27,30);1H3/t18-,22-;13-,17-;/m11./s1/i;;1D. The molecule has 0 spiro atoms. The van der Waals surface area contributed by atoms with Crippen LogP contribution in [-0.2, 0) is 58.9 Å². The minimum atomic E-state index is -4.75. The second-order valence-corrected chi connectivity index (χ2v) is 27.5. The molecule has 0 fully saturated rings. The summed E-state index contributed by atoms with van der Waals surface area (Å²) in [4.78, 5) is 56.8. The van der Waals surface area contributed by atoms with Crippen LogP contribution >= 0.6 is 0 Å². The predicted molar refractivity (Wildman–Crippen MR) is 270 cm³/mol. The first kappa shape index (κ1) is 63.0. The number of nitrogens with one attached hydrogen (secondary N) is 2. The van der Waals surface area contributed by atoms with Crippen molar-refractivity contribution in [2.45, 2.75) is 99.9 Å². The van der Waals surface area contributed by atoms with E-state index in [1.807, 2.05) is 33.9 Å². The first-order chi connectivity index (χ1) is 34.8. The Hall–Kier alpha value is -6.31. The number of Topliss-reactive ketones (excluding diaryl/α,β-unsaturated/α-hetero) is 2. The molecule has 2 amide bonds. The molecule has 4 aromatic carbocycles. The van der Waals surface area contributed by atoms with Crippen molar-refractivity contribution in [3.63, 3.8) is 0 Å². The van der Waals surface area contributed by atoms with E-state index < -0.39 is 131 Å². The molecule has 4 atom stereocenters. The molecular formula is C51H59F7N4O10S2Si. The van der Waals surface area contributed by atoms with E-state index in [9.17, 15) is 71.9 Å². The number of rotatable bonds is 18. The molecule has 3 N–H and O–H groups in total. The number of amides is 2. The molecule has 0 bridgehead atoms. The molecule has 0 aliphatic carbocycles. The van der Waals surface area contributed by atoms with Crippen molar-refractivity contribution in [1.82, 2.24) is 10.6 Å². The number of hydrogen-bond acceptors (Lipinski definition) is 10. The van der Waals surface area contributed by atoms with E-state index in [0.717, 1.165) is 36.8 Å². The maximum atomic E-state index is 13.6. The lowest BCUT2D eigenvalue weighted by atomic mass is 9.92. The highest BCUT2D eigenvalue weighted by atomic mass is 32.2. The van der Waals surface area contributed by atoms with Crippen LogP contribution in [0.3, 0.4) is 0 Å². The summed E-state index contributed by atoms with van der Waals surface area (Å²) < 4.78 is 148. The number of carbonyl (C=O) groups is 4. The second-order valence-electron chi connectivity index (χ2n) is 18.7. The maximum absolute atomic E-state index is 13.6. The van der Waals surface area contributed by atoms with Gasteiger partial charge in [0, 0.05) is 23.6 Å². The van der Waals surface area contributed by atoms with Crippen LogP contribution in [0.1, 0.15) is 79.0 Å². The maximum Gasteiger partial charge on any atom is 0.407 e. The summed E-state index contributed by atoms with van der Waals surface area (Å²) in [6.07, 6.45) is -9.71. The van der Waals surface area contributed by atoms with Crippen molar-refractivity contribution in [1.29, 1.82) is 0 Å². The monoisotopic (exact) mass is 1110 g/mol. The van der Waals surface area contributed by atoms with Crippen molar-refractivity contribution in [2.24, 2.45) is 11.8 Å². The van der Waals surface area contributed by atoms with Crippen LogP contribution < -0.4 is 10.6 Å². The Labute approximate surface area is 435 Å². The van der Waals surface area contributed by atoms with Crippen molar-refractivity contribution in [2.75, 3.05) is 32.8 Å². The number of nitrogens with zero attached hydrogens (tertiary/aromatic N) is 2. The van der Waals surface area contributed by atoms with Gasteiger partial charge in [0.2, 0.25) is 11.8 Å². The zero-order chi connectivity index (χ0) is 58.4. The Morgan fingerprint density at radius 1 is 0.667 bits per heavy atom. The Bertz CT molecular complexity index is 3010. The van der Waals surface area contributed by atoms with Crippen molar-refractivity contribution in [3.8, 4) is 0 Å². The van der Waals surface area contributed by atoms with Gasteiger partial charge in [0.1, 0.15) is 0 Å². The summed E-state index contributed by atoms with van der Waals surface area (Å²) >= 11 is 0. The van der Waals surface area contributed by atoms with Gasteiger partial charge in [0.05, 0.1) is 79.7 Å². The smallest absolute Gasteiger partial charge is 0.407 e. The van der Waals surface area contributed by atoms with Gasteiger partial charge in [-0.05, 0) is 80.2 Å². The molecule has 0 radical (unpaired) electrons. The average molecular weight is 1110 g/mol. The first-order valence-corrected chi connectivity index (χ1v) is 29.1. The van der Waals surface area contributed by atoms with Crippen molar-refractivity contribution in [3.05, 3.63) is 141 Å². The van der Waals surface area contributed by atoms with Gasteiger partial charge in [0.15, 0.2) is 50.9 Å². The molecule has 0 aliphatic heterocycles. The van der Waals surface area contributed by atoms with Crippen molar-refractivity contribution < 1.29 is 77.6 Å². The summed E-state index contributed by atoms with van der Waals surface area (Å²) in [6, 6.07) is 16.8. The van der Waals surface area contributed by atoms with Crippen LogP contribution in [0.2, 0.25) is 18.1 Å².